The lowest BCUT2D eigenvalue weighted by molar-refractivity contribution is -0.125. The van der Waals surface area contributed by atoms with E-state index in [9.17, 15) is 19.2 Å². The molecule has 1 saturated carbocycles. The smallest absolute Gasteiger partial charge is 0.350 e. The minimum absolute atomic E-state index is 0.291. The van der Waals surface area contributed by atoms with Crippen molar-refractivity contribution >= 4 is 23.2 Å². The predicted molar refractivity (Wildman–Crippen MR) is 102 cm³/mol. The molecule has 0 bridgehead atoms. The first-order valence-corrected chi connectivity index (χ1v) is 9.87. The van der Waals surface area contributed by atoms with Gasteiger partial charge in [-0.2, -0.15) is 5.26 Å². The van der Waals surface area contributed by atoms with Crippen LogP contribution in [0.25, 0.3) is 10.6 Å². The third-order valence-corrected chi connectivity index (χ3v) is 5.89. The minimum Gasteiger partial charge on any atom is -0.451 e. The number of esters is 1. The predicted octanol–water partition coefficient (Wildman–Crippen LogP) is 3.76. The molecule has 0 spiro atoms. The molecule has 1 aliphatic rings. The van der Waals surface area contributed by atoms with Crippen LogP contribution in [0.2, 0.25) is 0 Å². The number of halogens is 1. The molecular weight excluding hydrogens is 381 g/mol. The molecule has 1 aliphatic carbocycles. The number of amides is 1. The summed E-state index contributed by atoms with van der Waals surface area (Å²) in [6.07, 6.45) is 4.05. The van der Waals surface area contributed by atoms with Crippen molar-refractivity contribution in [2.45, 2.75) is 44.6 Å². The van der Waals surface area contributed by atoms with Crippen molar-refractivity contribution in [2.24, 2.45) is 0 Å². The number of ether oxygens (including phenoxy) is 1. The SMILES string of the molecule is Cc1nc(-c2ccc(F)cc2)sc1C(=O)OCC(=O)NC1(C#N)CCCCC1. The van der Waals surface area contributed by atoms with Crippen molar-refractivity contribution in [3.63, 3.8) is 0 Å². The van der Waals surface area contributed by atoms with E-state index in [0.717, 1.165) is 30.6 Å². The largest absolute Gasteiger partial charge is 0.451 e. The summed E-state index contributed by atoms with van der Waals surface area (Å²) in [5, 5.41) is 12.7. The van der Waals surface area contributed by atoms with E-state index >= 15 is 0 Å². The zero-order valence-corrected chi connectivity index (χ0v) is 16.3. The summed E-state index contributed by atoms with van der Waals surface area (Å²) in [6, 6.07) is 8.01. The monoisotopic (exact) mass is 401 g/mol. The molecule has 0 unspecified atom stereocenters. The van der Waals surface area contributed by atoms with E-state index in [1.807, 2.05) is 0 Å². The highest BCUT2D eigenvalue weighted by molar-refractivity contribution is 7.17. The maximum Gasteiger partial charge on any atom is 0.350 e. The van der Waals surface area contributed by atoms with Gasteiger partial charge in [0.05, 0.1) is 11.8 Å². The zero-order chi connectivity index (χ0) is 20.1. The van der Waals surface area contributed by atoms with Gasteiger partial charge in [-0.05, 0) is 44.0 Å². The van der Waals surface area contributed by atoms with Gasteiger partial charge in [0.15, 0.2) is 6.61 Å². The van der Waals surface area contributed by atoms with Gasteiger partial charge in [0.25, 0.3) is 5.91 Å². The number of benzene rings is 1. The third kappa shape index (κ3) is 4.54. The van der Waals surface area contributed by atoms with Gasteiger partial charge in [0, 0.05) is 5.56 Å². The lowest BCUT2D eigenvalue weighted by atomic mass is 9.83. The van der Waals surface area contributed by atoms with Crippen LogP contribution < -0.4 is 5.32 Å². The molecule has 3 rings (SSSR count). The number of carbonyl (C=O) groups excluding carboxylic acids is 2. The average Bonchev–Trinajstić information content (AvgIpc) is 3.09. The Balaban J connectivity index is 1.61. The average molecular weight is 401 g/mol. The van der Waals surface area contributed by atoms with E-state index in [4.69, 9.17) is 4.74 Å². The third-order valence-electron chi connectivity index (χ3n) is 4.71. The summed E-state index contributed by atoms with van der Waals surface area (Å²) in [5.74, 6) is -1.48. The quantitative estimate of drug-likeness (QED) is 0.770. The van der Waals surface area contributed by atoms with Crippen LogP contribution in [0.4, 0.5) is 4.39 Å². The minimum atomic E-state index is -0.863. The van der Waals surface area contributed by atoms with Gasteiger partial charge >= 0.3 is 5.97 Å². The van der Waals surface area contributed by atoms with Crippen LogP contribution >= 0.6 is 11.3 Å². The van der Waals surface area contributed by atoms with Crippen LogP contribution in [0.15, 0.2) is 24.3 Å². The highest BCUT2D eigenvalue weighted by Crippen LogP contribution is 2.29. The van der Waals surface area contributed by atoms with Gasteiger partial charge in [-0.25, -0.2) is 14.2 Å². The van der Waals surface area contributed by atoms with Gasteiger partial charge < -0.3 is 10.1 Å². The maximum absolute atomic E-state index is 13.1. The fourth-order valence-electron chi connectivity index (χ4n) is 3.22. The fraction of sp³-hybridized carbons (Fsp3) is 0.400. The van der Waals surface area contributed by atoms with Gasteiger partial charge in [-0.15, -0.1) is 11.3 Å². The topological polar surface area (TPSA) is 92.1 Å². The van der Waals surface area contributed by atoms with Crippen molar-refractivity contribution in [2.75, 3.05) is 6.61 Å². The van der Waals surface area contributed by atoms with Crippen LogP contribution in [0, 0.1) is 24.1 Å². The Morgan fingerprint density at radius 1 is 1.29 bits per heavy atom. The number of hydrogen-bond donors (Lipinski definition) is 1. The number of aryl methyl sites for hydroxylation is 1. The molecule has 6 nitrogen and oxygen atoms in total. The molecule has 1 heterocycles. The summed E-state index contributed by atoms with van der Waals surface area (Å²) in [7, 11) is 0. The lowest BCUT2D eigenvalue weighted by Crippen LogP contribution is -2.50. The van der Waals surface area contributed by atoms with Crippen LogP contribution in [0.1, 0.15) is 47.5 Å². The Kier molecular flexibility index (Phi) is 6.05. The number of hydrogen-bond acceptors (Lipinski definition) is 6. The second-order valence-corrected chi connectivity index (χ2v) is 7.82. The van der Waals surface area contributed by atoms with E-state index < -0.39 is 24.0 Å². The summed E-state index contributed by atoms with van der Waals surface area (Å²) in [5.41, 5.74) is 0.313. The van der Waals surface area contributed by atoms with Gasteiger partial charge in [0.2, 0.25) is 0 Å². The van der Waals surface area contributed by atoms with Crippen LogP contribution in [-0.2, 0) is 9.53 Å². The number of thiazole rings is 1. The molecule has 1 fully saturated rings. The molecule has 0 saturated heterocycles. The Labute approximate surface area is 166 Å². The highest BCUT2D eigenvalue weighted by atomic mass is 32.1. The molecule has 146 valence electrons. The Morgan fingerprint density at radius 2 is 1.96 bits per heavy atom. The van der Waals surface area contributed by atoms with E-state index in [-0.39, 0.29) is 5.82 Å². The summed E-state index contributed by atoms with van der Waals surface area (Å²) in [6.45, 7) is 1.22. The molecule has 1 amide bonds. The highest BCUT2D eigenvalue weighted by Gasteiger charge is 2.33. The molecule has 1 N–H and O–H groups in total. The first kappa shape index (κ1) is 20.0. The number of rotatable bonds is 5. The second kappa shape index (κ2) is 8.48. The molecule has 0 aliphatic heterocycles. The Morgan fingerprint density at radius 3 is 2.61 bits per heavy atom. The second-order valence-electron chi connectivity index (χ2n) is 6.82. The van der Waals surface area contributed by atoms with Crippen molar-refractivity contribution in [3.05, 3.63) is 40.7 Å². The number of aromatic nitrogens is 1. The maximum atomic E-state index is 13.1. The molecule has 0 atom stereocenters. The number of carbonyl (C=O) groups is 2. The van der Waals surface area contributed by atoms with Crippen LogP contribution in [0.5, 0.6) is 0 Å². The number of nitrogens with zero attached hydrogens (tertiary/aromatic N) is 2. The van der Waals surface area contributed by atoms with E-state index in [1.165, 1.54) is 12.1 Å². The van der Waals surface area contributed by atoms with Gasteiger partial charge in [-0.1, -0.05) is 19.3 Å². The van der Waals surface area contributed by atoms with Crippen molar-refractivity contribution in [1.82, 2.24) is 10.3 Å². The molecular formula is C20H20FN3O3S. The van der Waals surface area contributed by atoms with Crippen molar-refractivity contribution < 1.29 is 18.7 Å². The normalized spacial score (nSPS) is 15.5. The van der Waals surface area contributed by atoms with Crippen molar-refractivity contribution in [3.8, 4) is 16.6 Å². The zero-order valence-electron chi connectivity index (χ0n) is 15.5. The molecule has 2 aromatic rings. The number of nitriles is 1. The first-order chi connectivity index (χ1) is 13.4. The lowest BCUT2D eigenvalue weighted by Gasteiger charge is -2.31. The van der Waals surface area contributed by atoms with E-state index in [0.29, 0.717) is 34.0 Å². The Hall–Kier alpha value is -2.79. The molecule has 1 aromatic heterocycles. The molecule has 28 heavy (non-hydrogen) atoms. The van der Waals surface area contributed by atoms with E-state index in [1.54, 1.807) is 19.1 Å². The number of nitrogens with one attached hydrogen (secondary N) is 1. The van der Waals surface area contributed by atoms with Crippen LogP contribution in [-0.4, -0.2) is 29.0 Å². The molecule has 8 heteroatoms. The summed E-state index contributed by atoms with van der Waals surface area (Å²) >= 11 is 1.13. The molecule has 1 aromatic carbocycles. The fourth-order valence-corrected chi connectivity index (χ4v) is 4.19. The van der Waals surface area contributed by atoms with Crippen LogP contribution in [0.3, 0.4) is 0 Å². The summed E-state index contributed by atoms with van der Waals surface area (Å²) in [4.78, 5) is 29.1. The van der Waals surface area contributed by atoms with Gasteiger partial charge in [0.1, 0.15) is 21.2 Å². The van der Waals surface area contributed by atoms with Gasteiger partial charge in [-0.3, -0.25) is 4.79 Å². The summed E-state index contributed by atoms with van der Waals surface area (Å²) < 4.78 is 18.2. The Bertz CT molecular complexity index is 912. The first-order valence-electron chi connectivity index (χ1n) is 9.05. The standard InChI is InChI=1S/C20H20FN3O3S/c1-13-17(28-18(23-13)14-5-7-15(21)8-6-14)19(26)27-11-16(25)24-20(12-22)9-3-2-4-10-20/h5-8H,2-4,9-11H2,1H3,(H,24,25). The van der Waals surface area contributed by atoms with E-state index in [2.05, 4.69) is 16.4 Å². The molecule has 0 radical (unpaired) electrons. The van der Waals surface area contributed by atoms with Crippen molar-refractivity contribution in [1.29, 1.82) is 5.26 Å².